The van der Waals surface area contributed by atoms with Crippen LogP contribution in [0.25, 0.3) is 0 Å². The molecule has 0 N–H and O–H groups in total. The summed E-state index contributed by atoms with van der Waals surface area (Å²) >= 11 is 0. The first-order valence-corrected chi connectivity index (χ1v) is 7.91. The fourth-order valence-corrected chi connectivity index (χ4v) is 3.25. The lowest BCUT2D eigenvalue weighted by molar-refractivity contribution is -0.140. The van der Waals surface area contributed by atoms with Crippen molar-refractivity contribution in [2.45, 2.75) is 25.2 Å². The Labute approximate surface area is 135 Å². The first-order valence-electron chi connectivity index (χ1n) is 7.91. The Balaban J connectivity index is 1.71. The predicted octanol–water partition coefficient (Wildman–Crippen LogP) is 1.33. The van der Waals surface area contributed by atoms with E-state index in [0.717, 1.165) is 5.56 Å². The third-order valence-electron chi connectivity index (χ3n) is 4.40. The number of rotatable bonds is 3. The van der Waals surface area contributed by atoms with Crippen LogP contribution in [0.15, 0.2) is 24.3 Å². The van der Waals surface area contributed by atoms with Gasteiger partial charge in [0.1, 0.15) is 6.17 Å². The number of alkyl halides is 1. The molecular formula is C17H20FN3O2. The fourth-order valence-electron chi connectivity index (χ4n) is 3.25. The molecule has 3 rings (SSSR count). The van der Waals surface area contributed by atoms with Gasteiger partial charge in [0.15, 0.2) is 0 Å². The molecule has 6 heteroatoms. The van der Waals surface area contributed by atoms with Gasteiger partial charge in [0, 0.05) is 32.6 Å². The average Bonchev–Trinajstić information content (AvgIpc) is 2.95. The van der Waals surface area contributed by atoms with E-state index in [4.69, 9.17) is 10.00 Å². The number of benzene rings is 1. The van der Waals surface area contributed by atoms with Gasteiger partial charge in [0.2, 0.25) is 5.91 Å². The minimum Gasteiger partial charge on any atom is -0.378 e. The van der Waals surface area contributed by atoms with E-state index in [0.29, 0.717) is 38.4 Å². The molecule has 1 aromatic rings. The predicted molar refractivity (Wildman–Crippen MR) is 82.3 cm³/mol. The van der Waals surface area contributed by atoms with Gasteiger partial charge < -0.3 is 9.64 Å². The molecule has 0 unspecified atom stereocenters. The van der Waals surface area contributed by atoms with E-state index in [2.05, 4.69) is 6.07 Å². The summed E-state index contributed by atoms with van der Waals surface area (Å²) in [6.45, 7) is 2.98. The zero-order chi connectivity index (χ0) is 16.2. The molecule has 0 aromatic heterocycles. The molecule has 0 spiro atoms. The van der Waals surface area contributed by atoms with Crippen LogP contribution in [-0.2, 0) is 16.1 Å². The molecule has 2 aliphatic heterocycles. The highest BCUT2D eigenvalue weighted by molar-refractivity contribution is 5.82. The molecule has 5 nitrogen and oxygen atoms in total. The van der Waals surface area contributed by atoms with Crippen LogP contribution < -0.4 is 0 Å². The average molecular weight is 317 g/mol. The minimum atomic E-state index is -0.982. The summed E-state index contributed by atoms with van der Waals surface area (Å²) in [5.74, 6) is -0.00936. The van der Waals surface area contributed by atoms with E-state index in [1.54, 1.807) is 17.0 Å². The van der Waals surface area contributed by atoms with Crippen molar-refractivity contribution in [3.63, 3.8) is 0 Å². The number of amides is 1. The lowest BCUT2D eigenvalue weighted by atomic mass is 10.1. The quantitative estimate of drug-likeness (QED) is 0.844. The van der Waals surface area contributed by atoms with Crippen LogP contribution in [0.4, 0.5) is 4.39 Å². The van der Waals surface area contributed by atoms with Crippen molar-refractivity contribution >= 4 is 5.91 Å². The second-order valence-corrected chi connectivity index (χ2v) is 6.03. The number of hydrogen-bond donors (Lipinski definition) is 0. The van der Waals surface area contributed by atoms with Crippen LogP contribution in [0.1, 0.15) is 17.5 Å². The van der Waals surface area contributed by atoms with E-state index in [1.165, 1.54) is 0 Å². The normalized spacial score (nSPS) is 25.3. The van der Waals surface area contributed by atoms with Gasteiger partial charge in [-0.1, -0.05) is 12.1 Å². The number of halogens is 1. The zero-order valence-corrected chi connectivity index (χ0v) is 12.9. The minimum absolute atomic E-state index is 0.00936. The monoisotopic (exact) mass is 317 g/mol. The summed E-state index contributed by atoms with van der Waals surface area (Å²) in [6.07, 6.45) is -0.738. The lowest BCUT2D eigenvalue weighted by Gasteiger charge is -2.32. The highest BCUT2D eigenvalue weighted by Gasteiger charge is 2.39. The summed E-state index contributed by atoms with van der Waals surface area (Å²) in [5, 5.41) is 8.98. The standard InChI is InChI=1S/C17H20FN3O2/c18-15-9-16(17(22)20-4-6-23-7-5-20)21(12-15)11-14-3-1-2-13(8-14)10-19/h1-3,8,15-16H,4-7,9,11-12H2/t15-,16+/m1/s1. The molecule has 2 saturated heterocycles. The second-order valence-electron chi connectivity index (χ2n) is 6.03. The Bertz CT molecular complexity index is 610. The van der Waals surface area contributed by atoms with Crippen molar-refractivity contribution in [1.82, 2.24) is 9.80 Å². The maximum atomic E-state index is 13.9. The zero-order valence-electron chi connectivity index (χ0n) is 12.9. The van der Waals surface area contributed by atoms with Crippen molar-refractivity contribution in [2.75, 3.05) is 32.8 Å². The van der Waals surface area contributed by atoms with Gasteiger partial charge in [0.25, 0.3) is 0 Å². The third-order valence-corrected chi connectivity index (χ3v) is 4.40. The number of carbonyl (C=O) groups excluding carboxylic acids is 1. The first kappa shape index (κ1) is 15.9. The number of carbonyl (C=O) groups is 1. The molecule has 2 heterocycles. The summed E-state index contributed by atoms with van der Waals surface area (Å²) in [4.78, 5) is 16.3. The summed E-state index contributed by atoms with van der Waals surface area (Å²) < 4.78 is 19.2. The van der Waals surface area contributed by atoms with Gasteiger partial charge in [-0.3, -0.25) is 9.69 Å². The Morgan fingerprint density at radius 2 is 2.17 bits per heavy atom. The summed E-state index contributed by atoms with van der Waals surface area (Å²) in [7, 11) is 0. The number of hydrogen-bond acceptors (Lipinski definition) is 4. The lowest BCUT2D eigenvalue weighted by Crippen LogP contribution is -2.49. The van der Waals surface area contributed by atoms with Crippen molar-refractivity contribution in [2.24, 2.45) is 0 Å². The molecule has 122 valence electrons. The van der Waals surface area contributed by atoms with Gasteiger partial charge in [-0.25, -0.2) is 4.39 Å². The highest BCUT2D eigenvalue weighted by atomic mass is 19.1. The SMILES string of the molecule is N#Cc1cccc(CN2C[C@H](F)C[C@H]2C(=O)N2CCOCC2)c1. The van der Waals surface area contributed by atoms with Gasteiger partial charge in [-0.05, 0) is 17.7 Å². The number of morpholine rings is 1. The number of nitriles is 1. The van der Waals surface area contributed by atoms with Crippen LogP contribution in [0.5, 0.6) is 0 Å². The van der Waals surface area contributed by atoms with Crippen molar-refractivity contribution in [3.8, 4) is 6.07 Å². The van der Waals surface area contributed by atoms with Crippen LogP contribution in [0.2, 0.25) is 0 Å². The Kier molecular flexibility index (Phi) is 4.89. The van der Waals surface area contributed by atoms with E-state index in [9.17, 15) is 9.18 Å². The Morgan fingerprint density at radius 3 is 2.91 bits per heavy atom. The Hall–Kier alpha value is -1.97. The van der Waals surface area contributed by atoms with Gasteiger partial charge in [-0.15, -0.1) is 0 Å². The van der Waals surface area contributed by atoms with Crippen LogP contribution >= 0.6 is 0 Å². The molecule has 2 fully saturated rings. The maximum Gasteiger partial charge on any atom is 0.240 e. The molecule has 2 aliphatic rings. The highest BCUT2D eigenvalue weighted by Crippen LogP contribution is 2.25. The summed E-state index contributed by atoms with van der Waals surface area (Å²) in [5.41, 5.74) is 1.51. The molecule has 1 aromatic carbocycles. The van der Waals surface area contributed by atoms with Crippen LogP contribution in [-0.4, -0.2) is 60.8 Å². The molecule has 0 bridgehead atoms. The molecule has 2 atom stereocenters. The van der Waals surface area contributed by atoms with E-state index in [-0.39, 0.29) is 18.9 Å². The smallest absolute Gasteiger partial charge is 0.240 e. The van der Waals surface area contributed by atoms with Gasteiger partial charge in [0.05, 0.1) is 30.9 Å². The van der Waals surface area contributed by atoms with Crippen molar-refractivity contribution in [1.29, 1.82) is 5.26 Å². The fraction of sp³-hybridized carbons (Fsp3) is 0.529. The first-order chi connectivity index (χ1) is 11.2. The number of likely N-dealkylation sites (tertiary alicyclic amines) is 1. The van der Waals surface area contributed by atoms with Crippen LogP contribution in [0, 0.1) is 11.3 Å². The Morgan fingerprint density at radius 1 is 1.39 bits per heavy atom. The number of ether oxygens (including phenoxy) is 1. The van der Waals surface area contributed by atoms with E-state index in [1.807, 2.05) is 17.0 Å². The molecular weight excluding hydrogens is 297 g/mol. The van der Waals surface area contributed by atoms with E-state index < -0.39 is 12.2 Å². The van der Waals surface area contributed by atoms with Crippen LogP contribution in [0.3, 0.4) is 0 Å². The molecule has 1 amide bonds. The molecule has 0 radical (unpaired) electrons. The summed E-state index contributed by atoms with van der Waals surface area (Å²) in [6, 6.07) is 8.93. The molecule has 0 saturated carbocycles. The third kappa shape index (κ3) is 3.69. The van der Waals surface area contributed by atoms with Gasteiger partial charge in [-0.2, -0.15) is 5.26 Å². The number of nitrogens with zero attached hydrogens (tertiary/aromatic N) is 3. The van der Waals surface area contributed by atoms with E-state index >= 15 is 0 Å². The second kappa shape index (κ2) is 7.07. The van der Waals surface area contributed by atoms with Crippen molar-refractivity contribution < 1.29 is 13.9 Å². The largest absolute Gasteiger partial charge is 0.378 e. The van der Waals surface area contributed by atoms with Gasteiger partial charge >= 0.3 is 0 Å². The molecule has 23 heavy (non-hydrogen) atoms. The molecule has 0 aliphatic carbocycles. The van der Waals surface area contributed by atoms with Crippen molar-refractivity contribution in [3.05, 3.63) is 35.4 Å². The topological polar surface area (TPSA) is 56.6 Å². The maximum absolute atomic E-state index is 13.9.